The molecule has 6 nitrogen and oxygen atoms in total. The van der Waals surface area contributed by atoms with Crippen molar-refractivity contribution >= 4 is 23.7 Å². The topological polar surface area (TPSA) is 83.0 Å². The molecule has 0 amide bonds. The molecular formula is C16H15ClN4O2. The summed E-state index contributed by atoms with van der Waals surface area (Å²) in [6, 6.07) is 5.76. The fourth-order valence-electron chi connectivity index (χ4n) is 2.32. The van der Waals surface area contributed by atoms with Crippen molar-refractivity contribution in [3.8, 4) is 6.07 Å². The van der Waals surface area contributed by atoms with Crippen LogP contribution in [0.2, 0.25) is 5.02 Å². The number of halogens is 1. The van der Waals surface area contributed by atoms with Gasteiger partial charge < -0.3 is 9.32 Å². The number of hydrogen-bond acceptors (Lipinski definition) is 6. The van der Waals surface area contributed by atoms with E-state index < -0.39 is 0 Å². The van der Waals surface area contributed by atoms with E-state index in [-0.39, 0.29) is 10.7 Å². The predicted octanol–water partition coefficient (Wildman–Crippen LogP) is 3.33. The summed E-state index contributed by atoms with van der Waals surface area (Å²) in [4.78, 5) is 21.9. The van der Waals surface area contributed by atoms with Gasteiger partial charge >= 0.3 is 0 Å². The highest BCUT2D eigenvalue weighted by molar-refractivity contribution is 6.35. The van der Waals surface area contributed by atoms with E-state index in [1.165, 1.54) is 0 Å². The van der Waals surface area contributed by atoms with Gasteiger partial charge in [0.25, 0.3) is 0 Å². The number of carbonyl (C=O) groups excluding carboxylic acids is 1. The Labute approximate surface area is 138 Å². The molecule has 0 aliphatic heterocycles. The summed E-state index contributed by atoms with van der Waals surface area (Å²) < 4.78 is 5.37. The lowest BCUT2D eigenvalue weighted by atomic mass is 10.3. The van der Waals surface area contributed by atoms with Crippen LogP contribution in [-0.4, -0.2) is 22.8 Å². The van der Waals surface area contributed by atoms with E-state index in [2.05, 4.69) is 16.0 Å². The SMILES string of the molecule is N#CCCN(Cc1ccco1)c1nc(C2CC2)nc(C=O)c1Cl. The van der Waals surface area contributed by atoms with E-state index >= 15 is 0 Å². The Bertz CT molecular complexity index is 735. The highest BCUT2D eigenvalue weighted by atomic mass is 35.5. The van der Waals surface area contributed by atoms with Crippen LogP contribution in [0.1, 0.15) is 47.3 Å². The molecule has 3 rings (SSSR count). The number of anilines is 1. The van der Waals surface area contributed by atoms with Crippen LogP contribution < -0.4 is 4.90 Å². The van der Waals surface area contributed by atoms with Crippen molar-refractivity contribution < 1.29 is 9.21 Å². The fourth-order valence-corrected chi connectivity index (χ4v) is 2.57. The lowest BCUT2D eigenvalue weighted by molar-refractivity contribution is 0.111. The first-order valence-electron chi connectivity index (χ1n) is 7.39. The predicted molar refractivity (Wildman–Crippen MR) is 84.4 cm³/mol. The molecule has 1 fully saturated rings. The van der Waals surface area contributed by atoms with Crippen LogP contribution in [-0.2, 0) is 6.54 Å². The lowest BCUT2D eigenvalue weighted by Gasteiger charge is -2.23. The van der Waals surface area contributed by atoms with Crippen molar-refractivity contribution in [1.29, 1.82) is 5.26 Å². The van der Waals surface area contributed by atoms with Crippen LogP contribution in [0.15, 0.2) is 22.8 Å². The number of hydrogen-bond donors (Lipinski definition) is 0. The van der Waals surface area contributed by atoms with Crippen LogP contribution >= 0.6 is 11.6 Å². The normalized spacial score (nSPS) is 13.6. The Morgan fingerprint density at radius 2 is 2.30 bits per heavy atom. The van der Waals surface area contributed by atoms with Gasteiger partial charge in [-0.15, -0.1) is 0 Å². The summed E-state index contributed by atoms with van der Waals surface area (Å²) in [5.41, 5.74) is 0.194. The second-order valence-corrected chi connectivity index (χ2v) is 5.78. The molecule has 1 aliphatic carbocycles. The maximum atomic E-state index is 11.3. The Kier molecular flexibility index (Phi) is 4.58. The molecule has 0 unspecified atom stereocenters. The van der Waals surface area contributed by atoms with Gasteiger partial charge in [-0.1, -0.05) is 11.6 Å². The van der Waals surface area contributed by atoms with Gasteiger partial charge in [0.05, 0.1) is 25.3 Å². The van der Waals surface area contributed by atoms with Crippen molar-refractivity contribution in [2.45, 2.75) is 31.7 Å². The van der Waals surface area contributed by atoms with Gasteiger partial charge in [-0.05, 0) is 25.0 Å². The Morgan fingerprint density at radius 1 is 1.48 bits per heavy atom. The van der Waals surface area contributed by atoms with Gasteiger partial charge in [0.15, 0.2) is 12.1 Å². The molecule has 1 saturated carbocycles. The average Bonchev–Trinajstić information content (AvgIpc) is 3.29. The fraction of sp³-hybridized carbons (Fsp3) is 0.375. The van der Waals surface area contributed by atoms with Crippen LogP contribution in [0.5, 0.6) is 0 Å². The number of furan rings is 1. The third kappa shape index (κ3) is 3.51. The highest BCUT2D eigenvalue weighted by Crippen LogP contribution is 2.40. The number of aldehydes is 1. The molecule has 0 N–H and O–H groups in total. The maximum Gasteiger partial charge on any atom is 0.170 e. The monoisotopic (exact) mass is 330 g/mol. The largest absolute Gasteiger partial charge is 0.467 e. The molecule has 2 aromatic rings. The second-order valence-electron chi connectivity index (χ2n) is 5.41. The van der Waals surface area contributed by atoms with Gasteiger partial charge in [-0.3, -0.25) is 4.79 Å². The summed E-state index contributed by atoms with van der Waals surface area (Å²) in [7, 11) is 0. The number of rotatable bonds is 7. The summed E-state index contributed by atoms with van der Waals surface area (Å²) >= 11 is 6.31. The lowest BCUT2D eigenvalue weighted by Crippen LogP contribution is -2.26. The van der Waals surface area contributed by atoms with Crippen molar-refractivity contribution in [2.24, 2.45) is 0 Å². The molecule has 0 atom stereocenters. The Morgan fingerprint density at radius 3 is 2.91 bits per heavy atom. The van der Waals surface area contributed by atoms with Gasteiger partial charge in [0.2, 0.25) is 0 Å². The minimum absolute atomic E-state index is 0.194. The summed E-state index contributed by atoms with van der Waals surface area (Å²) in [6.07, 6.45) is 4.60. The van der Waals surface area contributed by atoms with E-state index in [0.29, 0.717) is 43.4 Å². The zero-order chi connectivity index (χ0) is 16.2. The van der Waals surface area contributed by atoms with E-state index in [4.69, 9.17) is 21.3 Å². The molecule has 7 heteroatoms. The average molecular weight is 331 g/mol. The molecule has 2 heterocycles. The van der Waals surface area contributed by atoms with Crippen LogP contribution in [0, 0.1) is 11.3 Å². The van der Waals surface area contributed by atoms with Crippen LogP contribution in [0.25, 0.3) is 0 Å². The smallest absolute Gasteiger partial charge is 0.170 e. The number of nitrogens with zero attached hydrogens (tertiary/aromatic N) is 4. The molecule has 0 saturated heterocycles. The first-order chi connectivity index (χ1) is 11.2. The minimum atomic E-state index is 0.194. The molecular weight excluding hydrogens is 316 g/mol. The summed E-state index contributed by atoms with van der Waals surface area (Å²) in [5, 5.41) is 9.11. The summed E-state index contributed by atoms with van der Waals surface area (Å²) in [5.74, 6) is 2.16. The van der Waals surface area contributed by atoms with Gasteiger partial charge in [-0.2, -0.15) is 5.26 Å². The molecule has 118 valence electrons. The standard InChI is InChI=1S/C16H15ClN4O2/c17-14-13(10-22)19-15(11-4-5-11)20-16(14)21(7-2-6-18)9-12-3-1-8-23-12/h1,3,8,10-11H,2,4-5,7,9H2. The van der Waals surface area contributed by atoms with Crippen LogP contribution in [0.3, 0.4) is 0 Å². The first kappa shape index (κ1) is 15.5. The second kappa shape index (κ2) is 6.80. The van der Waals surface area contributed by atoms with Crippen molar-refractivity contribution in [2.75, 3.05) is 11.4 Å². The molecule has 2 aromatic heterocycles. The molecule has 23 heavy (non-hydrogen) atoms. The molecule has 0 spiro atoms. The van der Waals surface area contributed by atoms with Gasteiger partial charge in [0.1, 0.15) is 22.3 Å². The van der Waals surface area contributed by atoms with E-state index in [9.17, 15) is 4.79 Å². The van der Waals surface area contributed by atoms with E-state index in [0.717, 1.165) is 18.6 Å². The summed E-state index contributed by atoms with van der Waals surface area (Å²) in [6.45, 7) is 0.865. The van der Waals surface area contributed by atoms with E-state index in [1.54, 1.807) is 12.3 Å². The quantitative estimate of drug-likeness (QED) is 0.724. The van der Waals surface area contributed by atoms with Gasteiger partial charge in [0, 0.05) is 12.5 Å². The maximum absolute atomic E-state index is 11.3. The van der Waals surface area contributed by atoms with Crippen molar-refractivity contribution in [1.82, 2.24) is 9.97 Å². The minimum Gasteiger partial charge on any atom is -0.467 e. The molecule has 0 bridgehead atoms. The highest BCUT2D eigenvalue weighted by Gasteiger charge is 2.29. The van der Waals surface area contributed by atoms with Gasteiger partial charge in [-0.25, -0.2) is 9.97 Å². The molecule has 0 radical (unpaired) electrons. The first-order valence-corrected chi connectivity index (χ1v) is 7.77. The Balaban J connectivity index is 1.97. The van der Waals surface area contributed by atoms with Crippen molar-refractivity contribution in [3.05, 3.63) is 40.7 Å². The zero-order valence-corrected chi connectivity index (χ0v) is 13.2. The van der Waals surface area contributed by atoms with Crippen molar-refractivity contribution in [3.63, 3.8) is 0 Å². The molecule has 0 aromatic carbocycles. The third-order valence-corrected chi connectivity index (χ3v) is 4.01. The Hall–Kier alpha value is -2.39. The third-order valence-electron chi connectivity index (χ3n) is 3.65. The van der Waals surface area contributed by atoms with Crippen LogP contribution in [0.4, 0.5) is 5.82 Å². The number of carbonyl (C=O) groups is 1. The molecule has 1 aliphatic rings. The zero-order valence-electron chi connectivity index (χ0n) is 12.4. The number of nitriles is 1. The number of aromatic nitrogens is 2. The van der Waals surface area contributed by atoms with E-state index in [1.807, 2.05) is 11.0 Å².